The maximum atomic E-state index is 11.9. The summed E-state index contributed by atoms with van der Waals surface area (Å²) in [6.45, 7) is 5.13. The lowest BCUT2D eigenvalue weighted by Gasteiger charge is -2.10. The van der Waals surface area contributed by atoms with Crippen molar-refractivity contribution < 1.29 is 9.59 Å². The lowest BCUT2D eigenvalue weighted by atomic mass is 10.1. The molecule has 2 rings (SSSR count). The van der Waals surface area contributed by atoms with Crippen LogP contribution < -0.4 is 10.6 Å². The Bertz CT molecular complexity index is 664. The molecule has 1 atom stereocenters. The molecule has 0 saturated heterocycles. The van der Waals surface area contributed by atoms with Crippen LogP contribution in [-0.2, 0) is 16.0 Å². The van der Waals surface area contributed by atoms with Crippen molar-refractivity contribution in [2.24, 2.45) is 0 Å². The molecule has 116 valence electrons. The first kappa shape index (κ1) is 16.2. The average Bonchev–Trinajstić information content (AvgIpc) is 2.95. The van der Waals surface area contributed by atoms with Crippen LogP contribution in [0.5, 0.6) is 0 Å². The van der Waals surface area contributed by atoms with E-state index in [4.69, 9.17) is 0 Å². The van der Waals surface area contributed by atoms with Crippen LogP contribution in [0.3, 0.4) is 0 Å². The molecule has 2 amide bonds. The summed E-state index contributed by atoms with van der Waals surface area (Å²) in [5, 5.41) is 7.68. The topological polar surface area (TPSA) is 71.1 Å². The summed E-state index contributed by atoms with van der Waals surface area (Å²) in [5.41, 5.74) is 3.12. The van der Waals surface area contributed by atoms with Crippen molar-refractivity contribution >= 4 is 28.3 Å². The molecule has 0 aliphatic carbocycles. The first-order chi connectivity index (χ1) is 10.5. The zero-order valence-electron chi connectivity index (χ0n) is 12.8. The van der Waals surface area contributed by atoms with Crippen LogP contribution in [-0.4, -0.2) is 22.8 Å². The second-order valence-electron chi connectivity index (χ2n) is 5.00. The van der Waals surface area contributed by atoms with E-state index in [-0.39, 0.29) is 11.8 Å². The normalized spacial score (nSPS) is 11.8. The van der Waals surface area contributed by atoms with Crippen LogP contribution in [0.1, 0.15) is 26.3 Å². The molecule has 0 radical (unpaired) electrons. The van der Waals surface area contributed by atoms with Gasteiger partial charge in [0.15, 0.2) is 5.13 Å². The van der Waals surface area contributed by atoms with E-state index in [2.05, 4.69) is 34.7 Å². The third-order valence-electron chi connectivity index (χ3n) is 3.21. The summed E-state index contributed by atoms with van der Waals surface area (Å²) in [5.74, 6) is -0.518. The molecule has 5 nitrogen and oxygen atoms in total. The second-order valence-corrected chi connectivity index (χ2v) is 5.86. The fourth-order valence-electron chi connectivity index (χ4n) is 1.96. The van der Waals surface area contributed by atoms with Gasteiger partial charge in [0.05, 0.1) is 5.69 Å². The first-order valence-corrected chi connectivity index (χ1v) is 8.00. The summed E-state index contributed by atoms with van der Waals surface area (Å²) in [6, 6.07) is 7.62. The van der Waals surface area contributed by atoms with Crippen LogP contribution in [0.25, 0.3) is 11.3 Å². The molecule has 1 heterocycles. The first-order valence-electron chi connectivity index (χ1n) is 7.12. The van der Waals surface area contributed by atoms with Crippen LogP contribution >= 0.6 is 11.3 Å². The molecular formula is C16H19N3O2S. The minimum atomic E-state index is -0.589. The number of amides is 2. The molecule has 1 aromatic heterocycles. The number of carbonyl (C=O) groups excluding carboxylic acids is 2. The highest BCUT2D eigenvalue weighted by atomic mass is 32.1. The predicted molar refractivity (Wildman–Crippen MR) is 88.8 cm³/mol. The molecule has 1 aromatic carbocycles. The summed E-state index contributed by atoms with van der Waals surface area (Å²) < 4.78 is 0. The molecule has 0 spiro atoms. The van der Waals surface area contributed by atoms with Crippen molar-refractivity contribution in [2.75, 3.05) is 5.32 Å². The van der Waals surface area contributed by atoms with Crippen molar-refractivity contribution in [3.05, 3.63) is 35.2 Å². The fourth-order valence-corrected chi connectivity index (χ4v) is 2.68. The third kappa shape index (κ3) is 4.14. The molecule has 2 N–H and O–H groups in total. The Morgan fingerprint density at radius 1 is 1.27 bits per heavy atom. The van der Waals surface area contributed by atoms with Crippen molar-refractivity contribution in [1.29, 1.82) is 0 Å². The van der Waals surface area contributed by atoms with E-state index in [0.29, 0.717) is 5.13 Å². The van der Waals surface area contributed by atoms with Gasteiger partial charge in [-0.1, -0.05) is 31.2 Å². The molecule has 0 aliphatic heterocycles. The fraction of sp³-hybridized carbons (Fsp3) is 0.312. The van der Waals surface area contributed by atoms with E-state index in [0.717, 1.165) is 17.7 Å². The summed E-state index contributed by atoms with van der Waals surface area (Å²) in [6.07, 6.45) is 1.000. The quantitative estimate of drug-likeness (QED) is 0.891. The predicted octanol–water partition coefficient (Wildman–Crippen LogP) is 2.84. The van der Waals surface area contributed by atoms with Gasteiger partial charge in [-0.3, -0.25) is 9.59 Å². The van der Waals surface area contributed by atoms with E-state index in [1.165, 1.54) is 23.8 Å². The van der Waals surface area contributed by atoms with Gasteiger partial charge < -0.3 is 10.6 Å². The SMILES string of the molecule is CCc1ccc(-c2csc(NC(=O)[C@@H](C)NC(C)=O)n2)cc1. The molecule has 0 fully saturated rings. The zero-order valence-corrected chi connectivity index (χ0v) is 13.7. The number of anilines is 1. The number of aromatic nitrogens is 1. The number of nitrogens with zero attached hydrogens (tertiary/aromatic N) is 1. The molecule has 0 saturated carbocycles. The van der Waals surface area contributed by atoms with Crippen molar-refractivity contribution in [3.8, 4) is 11.3 Å². The lowest BCUT2D eigenvalue weighted by molar-refractivity contribution is -0.124. The van der Waals surface area contributed by atoms with E-state index in [1.54, 1.807) is 6.92 Å². The summed E-state index contributed by atoms with van der Waals surface area (Å²) in [7, 11) is 0. The molecular weight excluding hydrogens is 298 g/mol. The van der Waals surface area contributed by atoms with Gasteiger partial charge in [0.25, 0.3) is 0 Å². The van der Waals surface area contributed by atoms with Crippen molar-refractivity contribution in [2.45, 2.75) is 33.2 Å². The number of benzene rings is 1. The Morgan fingerprint density at radius 3 is 2.55 bits per heavy atom. The Morgan fingerprint density at radius 2 is 1.95 bits per heavy atom. The minimum Gasteiger partial charge on any atom is -0.345 e. The number of aryl methyl sites for hydroxylation is 1. The summed E-state index contributed by atoms with van der Waals surface area (Å²) in [4.78, 5) is 27.3. The number of hydrogen-bond donors (Lipinski definition) is 2. The van der Waals surface area contributed by atoms with Crippen LogP contribution in [0.2, 0.25) is 0 Å². The van der Waals surface area contributed by atoms with Crippen LogP contribution in [0.4, 0.5) is 5.13 Å². The van der Waals surface area contributed by atoms with E-state index in [9.17, 15) is 9.59 Å². The average molecular weight is 317 g/mol. The Hall–Kier alpha value is -2.21. The van der Waals surface area contributed by atoms with Gasteiger partial charge in [-0.05, 0) is 18.9 Å². The maximum Gasteiger partial charge on any atom is 0.248 e. The third-order valence-corrected chi connectivity index (χ3v) is 3.96. The summed E-state index contributed by atoms with van der Waals surface area (Å²) >= 11 is 1.36. The number of nitrogens with one attached hydrogen (secondary N) is 2. The number of hydrogen-bond acceptors (Lipinski definition) is 4. The van der Waals surface area contributed by atoms with E-state index in [1.807, 2.05) is 17.5 Å². The monoisotopic (exact) mass is 317 g/mol. The smallest absolute Gasteiger partial charge is 0.248 e. The molecule has 6 heteroatoms. The minimum absolute atomic E-state index is 0.238. The van der Waals surface area contributed by atoms with Crippen molar-refractivity contribution in [1.82, 2.24) is 10.3 Å². The molecule has 0 aliphatic rings. The molecule has 0 bridgehead atoms. The molecule has 2 aromatic rings. The van der Waals surface area contributed by atoms with Gasteiger partial charge in [-0.2, -0.15) is 0 Å². The van der Waals surface area contributed by atoms with Gasteiger partial charge in [-0.15, -0.1) is 11.3 Å². The second kappa shape index (κ2) is 7.17. The lowest BCUT2D eigenvalue weighted by Crippen LogP contribution is -2.40. The number of thiazole rings is 1. The molecule has 0 unspecified atom stereocenters. The van der Waals surface area contributed by atoms with Gasteiger partial charge in [-0.25, -0.2) is 4.98 Å². The number of rotatable bonds is 5. The Labute approximate surface area is 133 Å². The van der Waals surface area contributed by atoms with Gasteiger partial charge in [0.2, 0.25) is 11.8 Å². The molecule has 22 heavy (non-hydrogen) atoms. The Kier molecular flexibility index (Phi) is 5.27. The Balaban J connectivity index is 2.04. The van der Waals surface area contributed by atoms with Gasteiger partial charge >= 0.3 is 0 Å². The highest BCUT2D eigenvalue weighted by molar-refractivity contribution is 7.14. The standard InChI is InChI=1S/C16H19N3O2S/c1-4-12-5-7-13(8-6-12)14-9-22-16(18-14)19-15(21)10(2)17-11(3)20/h5-10H,4H2,1-3H3,(H,17,20)(H,18,19,21)/t10-/m1/s1. The number of carbonyl (C=O) groups is 2. The van der Waals surface area contributed by atoms with Crippen LogP contribution in [0, 0.1) is 0 Å². The maximum absolute atomic E-state index is 11.9. The van der Waals surface area contributed by atoms with Crippen molar-refractivity contribution in [3.63, 3.8) is 0 Å². The van der Waals surface area contributed by atoms with Gasteiger partial charge in [0.1, 0.15) is 6.04 Å². The zero-order chi connectivity index (χ0) is 16.1. The highest BCUT2D eigenvalue weighted by Gasteiger charge is 2.15. The van der Waals surface area contributed by atoms with E-state index >= 15 is 0 Å². The van der Waals surface area contributed by atoms with E-state index < -0.39 is 6.04 Å². The highest BCUT2D eigenvalue weighted by Crippen LogP contribution is 2.25. The largest absolute Gasteiger partial charge is 0.345 e. The van der Waals surface area contributed by atoms with Gasteiger partial charge in [0, 0.05) is 17.9 Å². The van der Waals surface area contributed by atoms with Crippen LogP contribution in [0.15, 0.2) is 29.6 Å².